The average molecular weight is 348 g/mol. The number of aryl methyl sites for hydroxylation is 1. The molecule has 2 aliphatic rings. The van der Waals surface area contributed by atoms with Crippen molar-refractivity contribution in [2.75, 3.05) is 0 Å². The summed E-state index contributed by atoms with van der Waals surface area (Å²) < 4.78 is 0. The number of rotatable bonds is 5. The zero-order valence-electron chi connectivity index (χ0n) is 14.9. The van der Waals surface area contributed by atoms with E-state index in [1.165, 1.54) is 5.56 Å². The number of ketones is 1. The minimum absolute atomic E-state index is 0.131. The molecular formula is C23H24O3. The molecule has 0 heterocycles. The van der Waals surface area contributed by atoms with Crippen molar-refractivity contribution in [3.8, 4) is 0 Å². The summed E-state index contributed by atoms with van der Waals surface area (Å²) in [6, 6.07) is 15.0. The Kier molecular flexibility index (Phi) is 4.39. The fourth-order valence-corrected chi connectivity index (χ4v) is 4.93. The highest BCUT2D eigenvalue weighted by Gasteiger charge is 2.53. The molecule has 26 heavy (non-hydrogen) atoms. The van der Waals surface area contributed by atoms with E-state index >= 15 is 0 Å². The first-order valence-corrected chi connectivity index (χ1v) is 9.60. The van der Waals surface area contributed by atoms with Crippen LogP contribution in [-0.4, -0.2) is 16.9 Å². The Morgan fingerprint density at radius 3 is 2.31 bits per heavy atom. The predicted octanol–water partition coefficient (Wildman–Crippen LogP) is 4.31. The van der Waals surface area contributed by atoms with Crippen LogP contribution in [0.2, 0.25) is 0 Å². The van der Waals surface area contributed by atoms with E-state index in [0.29, 0.717) is 11.1 Å². The molecule has 134 valence electrons. The van der Waals surface area contributed by atoms with Crippen molar-refractivity contribution in [1.29, 1.82) is 0 Å². The molecule has 0 bridgehead atoms. The summed E-state index contributed by atoms with van der Waals surface area (Å²) in [5, 5.41) is 10.5. The van der Waals surface area contributed by atoms with Gasteiger partial charge in [0, 0.05) is 5.92 Å². The number of aliphatic carboxylic acids is 1. The van der Waals surface area contributed by atoms with Gasteiger partial charge in [0.05, 0.1) is 0 Å². The molecule has 1 fully saturated rings. The zero-order valence-corrected chi connectivity index (χ0v) is 14.9. The van der Waals surface area contributed by atoms with Crippen LogP contribution in [0.25, 0.3) is 0 Å². The zero-order chi connectivity index (χ0) is 18.1. The standard InChI is InChI=1S/C23H24O3/c24-21(17-8-4-5-9-17)23(22(25)26,18-12-2-1-3-13-18)20-15-7-11-16-10-6-14-19(16)20/h1-3,7,11-13,15,17H,4-6,8-10,14H2,(H,25,26). The fourth-order valence-electron chi connectivity index (χ4n) is 4.93. The number of carbonyl (C=O) groups is 2. The first kappa shape index (κ1) is 17.0. The smallest absolute Gasteiger partial charge is 0.326 e. The summed E-state index contributed by atoms with van der Waals surface area (Å²) in [5.74, 6) is -1.33. The molecule has 0 radical (unpaired) electrons. The van der Waals surface area contributed by atoms with Gasteiger partial charge in [-0.2, -0.15) is 0 Å². The Morgan fingerprint density at radius 1 is 0.885 bits per heavy atom. The quantitative estimate of drug-likeness (QED) is 0.820. The number of carbonyl (C=O) groups excluding carboxylic acids is 1. The molecule has 1 saturated carbocycles. The van der Waals surface area contributed by atoms with Crippen LogP contribution >= 0.6 is 0 Å². The lowest BCUT2D eigenvalue weighted by Crippen LogP contribution is -2.48. The first-order valence-electron chi connectivity index (χ1n) is 9.60. The van der Waals surface area contributed by atoms with Gasteiger partial charge in [0.1, 0.15) is 0 Å². The summed E-state index contributed by atoms with van der Waals surface area (Å²) >= 11 is 0. The molecule has 0 amide bonds. The van der Waals surface area contributed by atoms with Crippen LogP contribution in [0.3, 0.4) is 0 Å². The highest BCUT2D eigenvalue weighted by Crippen LogP contribution is 2.43. The SMILES string of the molecule is O=C(O)C(C(=O)C1CCCC1)(c1ccccc1)c1cccc2c1CCC2. The van der Waals surface area contributed by atoms with E-state index in [-0.39, 0.29) is 11.7 Å². The van der Waals surface area contributed by atoms with Crippen LogP contribution in [0.15, 0.2) is 48.5 Å². The molecule has 2 aromatic carbocycles. The van der Waals surface area contributed by atoms with Crippen molar-refractivity contribution in [1.82, 2.24) is 0 Å². The lowest BCUT2D eigenvalue weighted by atomic mass is 9.66. The van der Waals surface area contributed by atoms with Gasteiger partial charge >= 0.3 is 5.97 Å². The molecule has 0 spiro atoms. The summed E-state index contributed by atoms with van der Waals surface area (Å²) in [7, 11) is 0. The number of Topliss-reactive ketones (excluding diaryl/α,β-unsaturated/α-hetero) is 1. The Labute approximate surface area is 154 Å². The van der Waals surface area contributed by atoms with Crippen molar-refractivity contribution in [2.45, 2.75) is 50.4 Å². The van der Waals surface area contributed by atoms with E-state index in [9.17, 15) is 14.7 Å². The number of hydrogen-bond donors (Lipinski definition) is 1. The molecule has 2 aromatic rings. The number of hydrogen-bond acceptors (Lipinski definition) is 2. The van der Waals surface area contributed by atoms with E-state index in [1.807, 2.05) is 30.3 Å². The second-order valence-corrected chi connectivity index (χ2v) is 7.56. The van der Waals surface area contributed by atoms with E-state index in [0.717, 1.165) is 50.5 Å². The summed E-state index contributed by atoms with van der Waals surface area (Å²) in [6.07, 6.45) is 6.46. The summed E-state index contributed by atoms with van der Waals surface area (Å²) in [6.45, 7) is 0. The predicted molar refractivity (Wildman–Crippen MR) is 100 cm³/mol. The molecule has 0 aliphatic heterocycles. The maximum Gasteiger partial charge on any atom is 0.326 e. The molecular weight excluding hydrogens is 324 g/mol. The third-order valence-corrected chi connectivity index (χ3v) is 6.17. The van der Waals surface area contributed by atoms with Gasteiger partial charge < -0.3 is 5.11 Å². The molecule has 0 aromatic heterocycles. The third-order valence-electron chi connectivity index (χ3n) is 6.17. The largest absolute Gasteiger partial charge is 0.480 e. The van der Waals surface area contributed by atoms with Crippen LogP contribution < -0.4 is 0 Å². The van der Waals surface area contributed by atoms with E-state index < -0.39 is 11.4 Å². The van der Waals surface area contributed by atoms with Crippen LogP contribution in [0.1, 0.15) is 54.4 Å². The van der Waals surface area contributed by atoms with Crippen LogP contribution in [0.4, 0.5) is 0 Å². The second kappa shape index (κ2) is 6.71. The Hall–Kier alpha value is -2.42. The number of carboxylic acids is 1. The minimum atomic E-state index is -1.59. The summed E-state index contributed by atoms with van der Waals surface area (Å²) in [4.78, 5) is 26.5. The maximum atomic E-state index is 13.7. The third kappa shape index (κ3) is 2.49. The number of benzene rings is 2. The Balaban J connectivity index is 1.99. The van der Waals surface area contributed by atoms with Crippen molar-refractivity contribution in [3.05, 3.63) is 70.8 Å². The van der Waals surface area contributed by atoms with E-state index in [2.05, 4.69) is 6.07 Å². The lowest BCUT2D eigenvalue weighted by Gasteiger charge is -2.33. The van der Waals surface area contributed by atoms with Crippen LogP contribution in [-0.2, 0) is 27.8 Å². The molecule has 4 rings (SSSR count). The highest BCUT2D eigenvalue weighted by atomic mass is 16.4. The normalized spacial score (nSPS) is 19.1. The maximum absolute atomic E-state index is 13.7. The Bertz CT molecular complexity index is 834. The van der Waals surface area contributed by atoms with E-state index in [1.54, 1.807) is 12.1 Å². The monoisotopic (exact) mass is 348 g/mol. The average Bonchev–Trinajstić information content (AvgIpc) is 3.35. The number of carboxylic acid groups (broad SMARTS) is 1. The molecule has 1 atom stereocenters. The molecule has 3 heteroatoms. The lowest BCUT2D eigenvalue weighted by molar-refractivity contribution is -0.148. The topological polar surface area (TPSA) is 54.4 Å². The van der Waals surface area contributed by atoms with Crippen LogP contribution in [0, 0.1) is 5.92 Å². The Morgan fingerprint density at radius 2 is 1.62 bits per heavy atom. The molecule has 3 nitrogen and oxygen atoms in total. The summed E-state index contributed by atoms with van der Waals surface area (Å²) in [5.41, 5.74) is 1.97. The second-order valence-electron chi connectivity index (χ2n) is 7.56. The van der Waals surface area contributed by atoms with Crippen molar-refractivity contribution >= 4 is 11.8 Å². The van der Waals surface area contributed by atoms with Gasteiger partial charge in [-0.1, -0.05) is 61.4 Å². The van der Waals surface area contributed by atoms with Gasteiger partial charge in [0.25, 0.3) is 0 Å². The van der Waals surface area contributed by atoms with Crippen molar-refractivity contribution in [2.24, 2.45) is 5.92 Å². The highest BCUT2D eigenvalue weighted by molar-refractivity contribution is 6.13. The van der Waals surface area contributed by atoms with Gasteiger partial charge in [-0.3, -0.25) is 9.59 Å². The first-order chi connectivity index (χ1) is 12.7. The molecule has 2 aliphatic carbocycles. The minimum Gasteiger partial charge on any atom is -0.480 e. The molecule has 1 N–H and O–H groups in total. The van der Waals surface area contributed by atoms with Crippen molar-refractivity contribution in [3.63, 3.8) is 0 Å². The van der Waals surface area contributed by atoms with Gasteiger partial charge in [-0.05, 0) is 54.4 Å². The van der Waals surface area contributed by atoms with Crippen LogP contribution in [0.5, 0.6) is 0 Å². The van der Waals surface area contributed by atoms with Gasteiger partial charge in [0.2, 0.25) is 0 Å². The van der Waals surface area contributed by atoms with Gasteiger partial charge in [0.15, 0.2) is 11.2 Å². The van der Waals surface area contributed by atoms with E-state index in [4.69, 9.17) is 0 Å². The van der Waals surface area contributed by atoms with Gasteiger partial charge in [-0.15, -0.1) is 0 Å². The fraction of sp³-hybridized carbons (Fsp3) is 0.391. The number of fused-ring (bicyclic) bond motifs is 1. The van der Waals surface area contributed by atoms with Crippen molar-refractivity contribution < 1.29 is 14.7 Å². The van der Waals surface area contributed by atoms with Gasteiger partial charge in [-0.25, -0.2) is 0 Å². The molecule has 0 saturated heterocycles. The molecule has 1 unspecified atom stereocenters.